The van der Waals surface area contributed by atoms with Gasteiger partial charge in [-0.05, 0) is 26.3 Å². The molecular weight excluding hydrogens is 230 g/mol. The Labute approximate surface area is 107 Å². The van der Waals surface area contributed by atoms with Gasteiger partial charge in [-0.2, -0.15) is 5.10 Å². The van der Waals surface area contributed by atoms with Crippen molar-refractivity contribution < 1.29 is 4.79 Å². The zero-order valence-electron chi connectivity index (χ0n) is 11.0. The second kappa shape index (κ2) is 5.95. The van der Waals surface area contributed by atoms with Crippen LogP contribution in [0.15, 0.2) is 12.7 Å². The van der Waals surface area contributed by atoms with E-state index in [2.05, 4.69) is 22.3 Å². The molecule has 2 unspecified atom stereocenters. The van der Waals surface area contributed by atoms with E-state index in [0.717, 1.165) is 32.5 Å². The quantitative estimate of drug-likeness (QED) is 0.825. The fourth-order valence-electron chi connectivity index (χ4n) is 2.39. The van der Waals surface area contributed by atoms with Crippen molar-refractivity contribution in [2.24, 2.45) is 0 Å². The molecule has 0 spiro atoms. The Morgan fingerprint density at radius 1 is 1.67 bits per heavy atom. The molecule has 0 saturated carbocycles. The third-order valence-electron chi connectivity index (χ3n) is 3.41. The maximum Gasteiger partial charge on any atom is 0.247 e. The lowest BCUT2D eigenvalue weighted by molar-refractivity contribution is -0.136. The number of hydrogen-bond acceptors (Lipinski definition) is 4. The Morgan fingerprint density at radius 3 is 3.06 bits per heavy atom. The van der Waals surface area contributed by atoms with E-state index >= 15 is 0 Å². The van der Waals surface area contributed by atoms with Crippen molar-refractivity contribution in [3.05, 3.63) is 12.7 Å². The van der Waals surface area contributed by atoms with Crippen LogP contribution in [-0.4, -0.2) is 51.2 Å². The molecule has 1 N–H and O–H groups in total. The maximum absolute atomic E-state index is 12.5. The lowest BCUT2D eigenvalue weighted by Gasteiger charge is -2.30. The van der Waals surface area contributed by atoms with Gasteiger partial charge < -0.3 is 10.2 Å². The van der Waals surface area contributed by atoms with Crippen LogP contribution in [0.4, 0.5) is 0 Å². The van der Waals surface area contributed by atoms with Crippen LogP contribution in [0, 0.1) is 0 Å². The van der Waals surface area contributed by atoms with E-state index in [0.29, 0.717) is 6.04 Å². The first-order chi connectivity index (χ1) is 8.74. The fraction of sp³-hybridized carbons (Fsp3) is 0.750. The van der Waals surface area contributed by atoms with Crippen LogP contribution in [0.5, 0.6) is 0 Å². The monoisotopic (exact) mass is 251 g/mol. The van der Waals surface area contributed by atoms with Crippen LogP contribution in [0.2, 0.25) is 0 Å². The highest BCUT2D eigenvalue weighted by Crippen LogP contribution is 2.15. The van der Waals surface area contributed by atoms with E-state index in [4.69, 9.17) is 0 Å². The summed E-state index contributed by atoms with van der Waals surface area (Å²) in [6.45, 7) is 6.68. The van der Waals surface area contributed by atoms with E-state index < -0.39 is 0 Å². The van der Waals surface area contributed by atoms with Gasteiger partial charge in [0.05, 0.1) is 0 Å². The highest BCUT2D eigenvalue weighted by Gasteiger charge is 2.29. The van der Waals surface area contributed by atoms with Gasteiger partial charge in [0.15, 0.2) is 0 Å². The molecule has 6 heteroatoms. The zero-order chi connectivity index (χ0) is 13.0. The van der Waals surface area contributed by atoms with Gasteiger partial charge in [-0.3, -0.25) is 4.79 Å². The number of rotatable bonds is 5. The third-order valence-corrected chi connectivity index (χ3v) is 3.41. The number of amides is 1. The Balaban J connectivity index is 2.07. The van der Waals surface area contributed by atoms with Gasteiger partial charge in [-0.1, -0.05) is 6.92 Å². The molecule has 18 heavy (non-hydrogen) atoms. The van der Waals surface area contributed by atoms with Gasteiger partial charge in [0.25, 0.3) is 0 Å². The van der Waals surface area contributed by atoms with Gasteiger partial charge in [-0.15, -0.1) is 0 Å². The Hall–Kier alpha value is -1.43. The van der Waals surface area contributed by atoms with E-state index in [1.165, 1.54) is 6.33 Å². The summed E-state index contributed by atoms with van der Waals surface area (Å²) in [5.41, 5.74) is 0. The van der Waals surface area contributed by atoms with Crippen LogP contribution in [0.25, 0.3) is 0 Å². The summed E-state index contributed by atoms with van der Waals surface area (Å²) < 4.78 is 1.62. The van der Waals surface area contributed by atoms with E-state index in [1.54, 1.807) is 11.0 Å². The third kappa shape index (κ3) is 2.69. The summed E-state index contributed by atoms with van der Waals surface area (Å²) in [5.74, 6) is 0.135. The van der Waals surface area contributed by atoms with E-state index in [1.807, 2.05) is 11.8 Å². The molecule has 1 saturated heterocycles. The Kier molecular flexibility index (Phi) is 4.30. The zero-order valence-corrected chi connectivity index (χ0v) is 11.0. The van der Waals surface area contributed by atoms with E-state index in [-0.39, 0.29) is 11.9 Å². The summed E-state index contributed by atoms with van der Waals surface area (Å²) in [6, 6.07) is 0.0445. The molecule has 1 fully saturated rings. The summed E-state index contributed by atoms with van der Waals surface area (Å²) in [4.78, 5) is 18.4. The van der Waals surface area contributed by atoms with Crippen molar-refractivity contribution in [2.75, 3.05) is 19.6 Å². The predicted molar refractivity (Wildman–Crippen MR) is 68.0 cm³/mol. The standard InChI is InChI=1S/C12H21N5O/c1-3-6-16(11-4-5-13-7-11)12(18)10(2)17-9-14-8-15-17/h8-11,13H,3-7H2,1-2H3. The van der Waals surface area contributed by atoms with Crippen molar-refractivity contribution in [1.29, 1.82) is 0 Å². The number of nitrogens with one attached hydrogen (secondary N) is 1. The van der Waals surface area contributed by atoms with Gasteiger partial charge >= 0.3 is 0 Å². The molecule has 0 radical (unpaired) electrons. The molecule has 2 rings (SSSR count). The normalized spacial score (nSPS) is 20.9. The van der Waals surface area contributed by atoms with Crippen LogP contribution in [0.3, 0.4) is 0 Å². The molecule has 1 aliphatic heterocycles. The molecule has 1 aromatic rings. The first-order valence-electron chi connectivity index (χ1n) is 6.59. The molecular formula is C12H21N5O. The van der Waals surface area contributed by atoms with Crippen LogP contribution in [-0.2, 0) is 4.79 Å². The van der Waals surface area contributed by atoms with E-state index in [9.17, 15) is 4.79 Å². The minimum absolute atomic E-state index is 0.135. The van der Waals surface area contributed by atoms with Crippen LogP contribution >= 0.6 is 0 Å². The lowest BCUT2D eigenvalue weighted by Crippen LogP contribution is -2.45. The fourth-order valence-corrected chi connectivity index (χ4v) is 2.39. The Bertz CT molecular complexity index is 372. The second-order valence-electron chi connectivity index (χ2n) is 4.73. The van der Waals surface area contributed by atoms with Crippen molar-refractivity contribution >= 4 is 5.91 Å². The molecule has 2 heterocycles. The maximum atomic E-state index is 12.5. The topological polar surface area (TPSA) is 63.1 Å². The average Bonchev–Trinajstić information content (AvgIpc) is 3.05. The number of carbonyl (C=O) groups excluding carboxylic acids is 1. The first kappa shape index (κ1) is 13.0. The number of hydrogen-bond donors (Lipinski definition) is 1. The van der Waals surface area contributed by atoms with Crippen molar-refractivity contribution in [1.82, 2.24) is 25.0 Å². The largest absolute Gasteiger partial charge is 0.337 e. The van der Waals surface area contributed by atoms with Gasteiger partial charge in [0, 0.05) is 19.1 Å². The number of nitrogens with zero attached hydrogens (tertiary/aromatic N) is 4. The molecule has 6 nitrogen and oxygen atoms in total. The van der Waals surface area contributed by atoms with Gasteiger partial charge in [0.2, 0.25) is 5.91 Å². The first-order valence-corrected chi connectivity index (χ1v) is 6.59. The molecule has 0 bridgehead atoms. The second-order valence-corrected chi connectivity index (χ2v) is 4.73. The molecule has 1 aromatic heterocycles. The number of carbonyl (C=O) groups is 1. The Morgan fingerprint density at radius 2 is 2.50 bits per heavy atom. The number of aromatic nitrogens is 3. The minimum Gasteiger partial charge on any atom is -0.337 e. The molecule has 1 aliphatic rings. The average molecular weight is 251 g/mol. The molecule has 0 aromatic carbocycles. The molecule has 0 aliphatic carbocycles. The van der Waals surface area contributed by atoms with Gasteiger partial charge in [-0.25, -0.2) is 9.67 Å². The van der Waals surface area contributed by atoms with Crippen LogP contribution < -0.4 is 5.32 Å². The van der Waals surface area contributed by atoms with Crippen molar-refractivity contribution in [2.45, 2.75) is 38.8 Å². The molecule has 2 atom stereocenters. The predicted octanol–water partition coefficient (Wildman–Crippen LogP) is 0.440. The highest BCUT2D eigenvalue weighted by atomic mass is 16.2. The molecule has 1 amide bonds. The summed E-state index contributed by atoms with van der Waals surface area (Å²) in [6.07, 6.45) is 5.08. The van der Waals surface area contributed by atoms with Crippen LogP contribution in [0.1, 0.15) is 32.7 Å². The smallest absolute Gasteiger partial charge is 0.247 e. The summed E-state index contributed by atoms with van der Waals surface area (Å²) in [5, 5.41) is 7.36. The highest BCUT2D eigenvalue weighted by molar-refractivity contribution is 5.80. The lowest BCUT2D eigenvalue weighted by atomic mass is 10.1. The summed E-state index contributed by atoms with van der Waals surface area (Å²) >= 11 is 0. The molecule has 100 valence electrons. The van der Waals surface area contributed by atoms with Gasteiger partial charge in [0.1, 0.15) is 18.7 Å². The summed E-state index contributed by atoms with van der Waals surface area (Å²) in [7, 11) is 0. The van der Waals surface area contributed by atoms with Crippen molar-refractivity contribution in [3.63, 3.8) is 0 Å². The van der Waals surface area contributed by atoms with Crippen molar-refractivity contribution in [3.8, 4) is 0 Å². The minimum atomic E-state index is -0.278. The SMILES string of the molecule is CCCN(C(=O)C(C)n1cncn1)C1CCNC1.